The van der Waals surface area contributed by atoms with E-state index in [2.05, 4.69) is 0 Å². The van der Waals surface area contributed by atoms with Gasteiger partial charge in [-0.2, -0.15) is 11.8 Å². The van der Waals surface area contributed by atoms with Crippen molar-refractivity contribution in [2.75, 3.05) is 12.4 Å². The Labute approximate surface area is 135 Å². The van der Waals surface area contributed by atoms with Crippen LogP contribution in [0.3, 0.4) is 0 Å². The van der Waals surface area contributed by atoms with Crippen molar-refractivity contribution in [3.05, 3.63) is 77.9 Å². The number of rotatable bonds is 8. The number of aliphatic hydroxyl groups excluding tert-OH is 1. The van der Waals surface area contributed by atoms with Gasteiger partial charge in [-0.25, -0.2) is 0 Å². The Morgan fingerprint density at radius 3 is 2.32 bits per heavy atom. The summed E-state index contributed by atoms with van der Waals surface area (Å²) in [5.41, 5.74) is 2.15. The van der Waals surface area contributed by atoms with Crippen LogP contribution in [0.4, 0.5) is 0 Å². The van der Waals surface area contributed by atoms with Crippen LogP contribution in [-0.4, -0.2) is 23.2 Å². The fourth-order valence-electron chi connectivity index (χ4n) is 2.14. The highest BCUT2D eigenvalue weighted by Gasteiger charge is 2.14. The minimum atomic E-state index is 0.0845. The zero-order valence-electron chi connectivity index (χ0n) is 12.4. The number of ketones is 1. The molecule has 0 saturated carbocycles. The predicted octanol–water partition coefficient (Wildman–Crippen LogP) is 4.13. The van der Waals surface area contributed by atoms with Crippen LogP contribution in [0, 0.1) is 0 Å². The third-order valence-corrected chi connectivity index (χ3v) is 4.49. The fourth-order valence-corrected chi connectivity index (χ4v) is 3.16. The van der Waals surface area contributed by atoms with E-state index in [-0.39, 0.29) is 17.6 Å². The molecule has 0 aliphatic carbocycles. The van der Waals surface area contributed by atoms with Gasteiger partial charge in [-0.3, -0.25) is 4.79 Å². The van der Waals surface area contributed by atoms with E-state index in [9.17, 15) is 4.79 Å². The molecule has 114 valence electrons. The van der Waals surface area contributed by atoms with Crippen molar-refractivity contribution in [3.63, 3.8) is 0 Å². The first-order valence-electron chi connectivity index (χ1n) is 7.33. The monoisotopic (exact) mass is 312 g/mol. The number of hydrogen-bond donors (Lipinski definition) is 1. The SMILES string of the molecule is O=C(/C=C/c1ccccc1)CC(SCCO)c1ccccc1. The Balaban J connectivity index is 2.00. The van der Waals surface area contributed by atoms with Crippen LogP contribution in [-0.2, 0) is 4.79 Å². The molecule has 1 atom stereocenters. The molecular formula is C19H20O2S. The number of carbonyl (C=O) groups is 1. The third-order valence-electron chi connectivity index (χ3n) is 3.23. The van der Waals surface area contributed by atoms with Crippen molar-refractivity contribution in [2.24, 2.45) is 0 Å². The molecule has 0 aliphatic rings. The predicted molar refractivity (Wildman–Crippen MR) is 93.8 cm³/mol. The third kappa shape index (κ3) is 5.51. The van der Waals surface area contributed by atoms with E-state index in [1.165, 1.54) is 0 Å². The fraction of sp³-hybridized carbons (Fsp3) is 0.211. The van der Waals surface area contributed by atoms with Gasteiger partial charge in [0.1, 0.15) is 0 Å². The van der Waals surface area contributed by atoms with Crippen LogP contribution in [0.5, 0.6) is 0 Å². The van der Waals surface area contributed by atoms with E-state index in [4.69, 9.17) is 5.11 Å². The smallest absolute Gasteiger partial charge is 0.157 e. The lowest BCUT2D eigenvalue weighted by Crippen LogP contribution is -2.04. The van der Waals surface area contributed by atoms with Crippen LogP contribution in [0.25, 0.3) is 6.08 Å². The lowest BCUT2D eigenvalue weighted by Gasteiger charge is -2.15. The van der Waals surface area contributed by atoms with Crippen molar-refractivity contribution < 1.29 is 9.90 Å². The first-order valence-corrected chi connectivity index (χ1v) is 8.38. The number of carbonyl (C=O) groups excluding carboxylic acids is 1. The molecule has 0 saturated heterocycles. The molecular weight excluding hydrogens is 292 g/mol. The van der Waals surface area contributed by atoms with Gasteiger partial charge in [-0.1, -0.05) is 66.7 Å². The molecule has 3 heteroatoms. The van der Waals surface area contributed by atoms with Crippen LogP contribution < -0.4 is 0 Å². The van der Waals surface area contributed by atoms with Gasteiger partial charge in [0, 0.05) is 17.4 Å². The van der Waals surface area contributed by atoms with E-state index in [0.29, 0.717) is 12.2 Å². The van der Waals surface area contributed by atoms with E-state index in [1.807, 2.05) is 66.7 Å². The summed E-state index contributed by atoms with van der Waals surface area (Å²) in [5.74, 6) is 0.734. The molecule has 0 fully saturated rings. The summed E-state index contributed by atoms with van der Waals surface area (Å²) in [7, 11) is 0. The van der Waals surface area contributed by atoms with E-state index < -0.39 is 0 Å². The van der Waals surface area contributed by atoms with Gasteiger partial charge < -0.3 is 5.11 Å². The number of aliphatic hydroxyl groups is 1. The quantitative estimate of drug-likeness (QED) is 0.745. The zero-order chi connectivity index (χ0) is 15.6. The largest absolute Gasteiger partial charge is 0.396 e. The van der Waals surface area contributed by atoms with Gasteiger partial charge in [0.15, 0.2) is 5.78 Å². The van der Waals surface area contributed by atoms with E-state index in [0.717, 1.165) is 11.1 Å². The van der Waals surface area contributed by atoms with Crippen LogP contribution in [0.2, 0.25) is 0 Å². The molecule has 2 rings (SSSR count). The summed E-state index contributed by atoms with van der Waals surface area (Å²) in [6, 6.07) is 19.8. The molecule has 0 heterocycles. The number of hydrogen-bond acceptors (Lipinski definition) is 3. The number of allylic oxidation sites excluding steroid dienone is 1. The zero-order valence-corrected chi connectivity index (χ0v) is 13.2. The average molecular weight is 312 g/mol. The van der Waals surface area contributed by atoms with Gasteiger partial charge >= 0.3 is 0 Å². The average Bonchev–Trinajstić information content (AvgIpc) is 2.58. The van der Waals surface area contributed by atoms with Crippen LogP contribution in [0.1, 0.15) is 22.8 Å². The Morgan fingerprint density at radius 2 is 1.68 bits per heavy atom. The van der Waals surface area contributed by atoms with Gasteiger partial charge in [0.05, 0.1) is 6.61 Å². The molecule has 2 aromatic rings. The topological polar surface area (TPSA) is 37.3 Å². The highest BCUT2D eigenvalue weighted by Crippen LogP contribution is 2.32. The van der Waals surface area contributed by atoms with Gasteiger partial charge in [0.2, 0.25) is 0 Å². The van der Waals surface area contributed by atoms with E-state index in [1.54, 1.807) is 17.8 Å². The molecule has 2 aromatic carbocycles. The second-order valence-corrected chi connectivity index (χ2v) is 6.22. The molecule has 2 nitrogen and oxygen atoms in total. The van der Waals surface area contributed by atoms with Crippen molar-refractivity contribution in [3.8, 4) is 0 Å². The first kappa shape index (κ1) is 16.5. The number of benzene rings is 2. The summed E-state index contributed by atoms with van der Waals surface area (Å²) in [6.07, 6.45) is 3.93. The Morgan fingerprint density at radius 1 is 1.05 bits per heavy atom. The molecule has 1 unspecified atom stereocenters. The maximum atomic E-state index is 12.2. The standard InChI is InChI=1S/C19H20O2S/c20-13-14-22-19(17-9-5-2-6-10-17)15-18(21)12-11-16-7-3-1-4-8-16/h1-12,19-20H,13-15H2/b12-11+. The Bertz CT molecular complexity index is 593. The molecule has 0 spiro atoms. The minimum absolute atomic E-state index is 0.0845. The van der Waals surface area contributed by atoms with Crippen molar-refractivity contribution >= 4 is 23.6 Å². The molecule has 0 amide bonds. The van der Waals surface area contributed by atoms with Gasteiger partial charge in [-0.05, 0) is 17.2 Å². The normalized spacial score (nSPS) is 12.4. The maximum absolute atomic E-state index is 12.2. The van der Waals surface area contributed by atoms with Crippen molar-refractivity contribution in [2.45, 2.75) is 11.7 Å². The molecule has 0 aromatic heterocycles. The second-order valence-electron chi connectivity index (χ2n) is 4.91. The minimum Gasteiger partial charge on any atom is -0.396 e. The summed E-state index contributed by atoms with van der Waals surface area (Å²) in [6.45, 7) is 0.127. The van der Waals surface area contributed by atoms with Crippen molar-refractivity contribution in [1.82, 2.24) is 0 Å². The van der Waals surface area contributed by atoms with Crippen LogP contribution in [0.15, 0.2) is 66.7 Å². The highest BCUT2D eigenvalue weighted by molar-refractivity contribution is 7.99. The highest BCUT2D eigenvalue weighted by atomic mass is 32.2. The Kier molecular flexibility index (Phi) is 6.94. The molecule has 1 N–H and O–H groups in total. The Hall–Kier alpha value is -1.84. The molecule has 0 radical (unpaired) electrons. The van der Waals surface area contributed by atoms with Crippen LogP contribution >= 0.6 is 11.8 Å². The second kappa shape index (κ2) is 9.23. The summed E-state index contributed by atoms with van der Waals surface area (Å²) in [5, 5.41) is 9.11. The lowest BCUT2D eigenvalue weighted by molar-refractivity contribution is -0.114. The van der Waals surface area contributed by atoms with E-state index >= 15 is 0 Å². The maximum Gasteiger partial charge on any atom is 0.157 e. The first-order chi connectivity index (χ1) is 10.8. The molecule has 22 heavy (non-hydrogen) atoms. The summed E-state index contributed by atoms with van der Waals surface area (Å²) in [4.78, 5) is 12.2. The number of thioether (sulfide) groups is 1. The molecule has 0 aliphatic heterocycles. The summed E-state index contributed by atoms with van der Waals surface area (Å²) >= 11 is 1.62. The van der Waals surface area contributed by atoms with Gasteiger partial charge in [0.25, 0.3) is 0 Å². The molecule has 0 bridgehead atoms. The van der Waals surface area contributed by atoms with Crippen molar-refractivity contribution in [1.29, 1.82) is 0 Å². The van der Waals surface area contributed by atoms with Gasteiger partial charge in [-0.15, -0.1) is 0 Å². The summed E-state index contributed by atoms with van der Waals surface area (Å²) < 4.78 is 0. The lowest BCUT2D eigenvalue weighted by atomic mass is 10.1.